The minimum absolute atomic E-state index is 0.244. The third-order valence-corrected chi connectivity index (χ3v) is 5.68. The molecule has 181 valence electrons. The first kappa shape index (κ1) is 25.6. The zero-order valence-corrected chi connectivity index (χ0v) is 19.8. The molecule has 0 saturated carbocycles. The molecule has 0 fully saturated rings. The van der Waals surface area contributed by atoms with Gasteiger partial charge in [-0.25, -0.2) is 0 Å². The minimum Gasteiger partial charge on any atom is -0.366 e. The number of rotatable bonds is 12. The summed E-state index contributed by atoms with van der Waals surface area (Å²) in [5.41, 5.74) is 8.74. The lowest BCUT2D eigenvalue weighted by atomic mass is 10.0. The van der Waals surface area contributed by atoms with Gasteiger partial charge in [-0.1, -0.05) is 66.7 Å². The molecule has 3 aromatic rings. The fourth-order valence-corrected chi connectivity index (χ4v) is 3.57. The number of nitrogens with two attached hydrogens (primary N) is 1. The lowest BCUT2D eigenvalue weighted by Crippen LogP contribution is -2.51. The zero-order chi connectivity index (χ0) is 25.0. The molecule has 1 radical (unpaired) electrons. The van der Waals surface area contributed by atoms with E-state index in [0.717, 1.165) is 16.7 Å². The second-order valence-electron chi connectivity index (χ2n) is 8.38. The maximum absolute atomic E-state index is 13.1. The van der Waals surface area contributed by atoms with E-state index in [9.17, 15) is 14.4 Å². The maximum Gasteiger partial charge on any atom is 0.248 e. The van der Waals surface area contributed by atoms with Crippen LogP contribution in [0.25, 0.3) is 0 Å². The molecule has 0 bridgehead atoms. The summed E-state index contributed by atoms with van der Waals surface area (Å²) in [6.07, 6.45) is 1.27. The molecule has 35 heavy (non-hydrogen) atoms. The molecule has 0 spiro atoms. The Bertz CT molecular complexity index is 1100. The van der Waals surface area contributed by atoms with E-state index in [4.69, 9.17) is 5.73 Å². The van der Waals surface area contributed by atoms with Gasteiger partial charge < -0.3 is 21.7 Å². The molecular weight excluding hydrogens is 440 g/mol. The summed E-state index contributed by atoms with van der Waals surface area (Å²) in [6, 6.07) is 25.9. The molecule has 2 atom stereocenters. The van der Waals surface area contributed by atoms with E-state index in [1.54, 1.807) is 43.3 Å². The predicted molar refractivity (Wildman–Crippen MR) is 135 cm³/mol. The number of nitrogens with one attached hydrogen (secondary N) is 3. The van der Waals surface area contributed by atoms with Gasteiger partial charge in [0.2, 0.25) is 17.7 Å². The van der Waals surface area contributed by atoms with Crippen LogP contribution in [0.3, 0.4) is 0 Å². The van der Waals surface area contributed by atoms with Gasteiger partial charge in [-0.05, 0) is 54.7 Å². The third kappa shape index (κ3) is 8.39. The average molecular weight is 472 g/mol. The third-order valence-electron chi connectivity index (χ3n) is 5.68. The van der Waals surface area contributed by atoms with Crippen LogP contribution in [-0.4, -0.2) is 29.8 Å². The van der Waals surface area contributed by atoms with Gasteiger partial charge in [-0.2, -0.15) is 0 Å². The summed E-state index contributed by atoms with van der Waals surface area (Å²) in [4.78, 5) is 36.9. The molecule has 7 nitrogen and oxygen atoms in total. The highest BCUT2D eigenvalue weighted by Gasteiger charge is 2.22. The summed E-state index contributed by atoms with van der Waals surface area (Å²) in [5, 5.41) is 8.97. The van der Waals surface area contributed by atoms with Crippen molar-refractivity contribution < 1.29 is 14.4 Å². The van der Waals surface area contributed by atoms with Crippen molar-refractivity contribution in [2.75, 3.05) is 0 Å². The van der Waals surface area contributed by atoms with Crippen molar-refractivity contribution in [3.05, 3.63) is 107 Å². The van der Waals surface area contributed by atoms with Crippen LogP contribution in [0.1, 0.15) is 40.4 Å². The van der Waals surface area contributed by atoms with Crippen molar-refractivity contribution in [3.63, 3.8) is 0 Å². The summed E-state index contributed by atoms with van der Waals surface area (Å²) in [7, 11) is 0. The number of carbonyl (C=O) groups excluding carboxylic acids is 3. The van der Waals surface area contributed by atoms with Crippen molar-refractivity contribution in [2.24, 2.45) is 5.73 Å². The van der Waals surface area contributed by atoms with Crippen LogP contribution in [-0.2, 0) is 29.1 Å². The van der Waals surface area contributed by atoms with Crippen molar-refractivity contribution >= 4 is 17.7 Å². The Morgan fingerprint density at radius 2 is 1.49 bits per heavy atom. The van der Waals surface area contributed by atoms with Crippen LogP contribution in [0.4, 0.5) is 0 Å². The second kappa shape index (κ2) is 13.1. The summed E-state index contributed by atoms with van der Waals surface area (Å²) < 4.78 is 0. The molecule has 3 aromatic carbocycles. The zero-order valence-electron chi connectivity index (χ0n) is 19.8. The van der Waals surface area contributed by atoms with Crippen LogP contribution in [0.2, 0.25) is 0 Å². The van der Waals surface area contributed by atoms with Crippen LogP contribution < -0.4 is 21.7 Å². The van der Waals surface area contributed by atoms with Gasteiger partial charge in [0.25, 0.3) is 0 Å². The van der Waals surface area contributed by atoms with Gasteiger partial charge in [0.15, 0.2) is 0 Å². The van der Waals surface area contributed by atoms with Gasteiger partial charge in [0.1, 0.15) is 6.04 Å². The summed E-state index contributed by atoms with van der Waals surface area (Å²) in [6.45, 7) is 2.48. The van der Waals surface area contributed by atoms with Crippen LogP contribution >= 0.6 is 0 Å². The number of hydrogen-bond acceptors (Lipinski definition) is 4. The van der Waals surface area contributed by atoms with E-state index in [2.05, 4.69) is 22.0 Å². The van der Waals surface area contributed by atoms with E-state index in [1.807, 2.05) is 42.5 Å². The van der Waals surface area contributed by atoms with Crippen LogP contribution in [0.5, 0.6) is 0 Å². The van der Waals surface area contributed by atoms with E-state index in [0.29, 0.717) is 31.5 Å². The molecule has 0 saturated heterocycles. The highest BCUT2D eigenvalue weighted by molar-refractivity contribution is 5.92. The average Bonchev–Trinajstić information content (AvgIpc) is 2.88. The van der Waals surface area contributed by atoms with Crippen molar-refractivity contribution in [1.29, 1.82) is 0 Å². The Morgan fingerprint density at radius 3 is 2.14 bits per heavy atom. The van der Waals surface area contributed by atoms with Crippen molar-refractivity contribution in [3.8, 4) is 0 Å². The van der Waals surface area contributed by atoms with Gasteiger partial charge in [-0.3, -0.25) is 14.4 Å². The number of carbonyl (C=O) groups is 3. The smallest absolute Gasteiger partial charge is 0.248 e. The van der Waals surface area contributed by atoms with E-state index in [1.165, 1.54) is 0 Å². The Balaban J connectivity index is 1.59. The Hall–Kier alpha value is -3.97. The lowest BCUT2D eigenvalue weighted by molar-refractivity contribution is -0.129. The SMILES string of the molecule is C[C@H](NC(=O)[C@@H](CCc1ccccc1)NCc1ccc(C(N)=O)cc1)C(=O)NCc1cc[c]cc1. The fraction of sp³-hybridized carbons (Fsp3) is 0.250. The summed E-state index contributed by atoms with van der Waals surface area (Å²) in [5.74, 6) is -0.982. The standard InChI is InChI=1S/C28H31N4O3/c1-20(27(34)31-19-22-10-6-3-7-11-22)32-28(35)25(17-14-21-8-4-2-5-9-21)30-18-23-12-15-24(16-13-23)26(29)33/h2,4-13,15-16,20,25,30H,14,17-19H2,1H3,(H2,29,33)(H,31,34)(H,32,35)/t20-,25+/m0/s1. The molecule has 3 rings (SSSR count). The van der Waals surface area contributed by atoms with Gasteiger partial charge in [0, 0.05) is 18.7 Å². The molecule has 0 aliphatic carbocycles. The van der Waals surface area contributed by atoms with Gasteiger partial charge in [0.05, 0.1) is 6.04 Å². The van der Waals surface area contributed by atoms with Crippen molar-refractivity contribution in [2.45, 2.75) is 44.9 Å². The topological polar surface area (TPSA) is 113 Å². The molecule has 0 aromatic heterocycles. The number of amides is 3. The molecular formula is C28H31N4O3. The molecule has 0 aliphatic rings. The van der Waals surface area contributed by atoms with E-state index >= 15 is 0 Å². The molecule has 0 heterocycles. The first-order chi connectivity index (χ1) is 16.9. The Kier molecular flexibility index (Phi) is 9.57. The van der Waals surface area contributed by atoms with Gasteiger partial charge >= 0.3 is 0 Å². The fourth-order valence-electron chi connectivity index (χ4n) is 3.57. The van der Waals surface area contributed by atoms with E-state index in [-0.39, 0.29) is 11.8 Å². The quantitative estimate of drug-likeness (QED) is 0.325. The van der Waals surface area contributed by atoms with Crippen molar-refractivity contribution in [1.82, 2.24) is 16.0 Å². The molecule has 0 aliphatic heterocycles. The number of hydrogen-bond donors (Lipinski definition) is 4. The Morgan fingerprint density at radius 1 is 0.829 bits per heavy atom. The van der Waals surface area contributed by atoms with Crippen LogP contribution in [0, 0.1) is 6.07 Å². The molecule has 0 unspecified atom stereocenters. The lowest BCUT2D eigenvalue weighted by Gasteiger charge is -2.21. The molecule has 5 N–H and O–H groups in total. The Labute approximate surface area is 206 Å². The van der Waals surface area contributed by atoms with Gasteiger partial charge in [-0.15, -0.1) is 0 Å². The molecule has 3 amide bonds. The number of benzene rings is 3. The maximum atomic E-state index is 13.1. The largest absolute Gasteiger partial charge is 0.366 e. The first-order valence-corrected chi connectivity index (χ1v) is 11.6. The monoisotopic (exact) mass is 471 g/mol. The predicted octanol–water partition coefficient (Wildman–Crippen LogP) is 2.50. The van der Waals surface area contributed by atoms with E-state index < -0.39 is 18.0 Å². The normalized spacial score (nSPS) is 12.4. The number of aryl methyl sites for hydroxylation is 1. The highest BCUT2D eigenvalue weighted by Crippen LogP contribution is 2.09. The highest BCUT2D eigenvalue weighted by atomic mass is 16.2. The first-order valence-electron chi connectivity index (χ1n) is 11.6. The minimum atomic E-state index is -0.686. The van der Waals surface area contributed by atoms with Crippen LogP contribution in [0.15, 0.2) is 78.9 Å². The second-order valence-corrected chi connectivity index (χ2v) is 8.38. The summed E-state index contributed by atoms with van der Waals surface area (Å²) >= 11 is 0. The molecule has 7 heteroatoms. The number of primary amides is 1.